The summed E-state index contributed by atoms with van der Waals surface area (Å²) >= 11 is 1.49. The fourth-order valence-corrected chi connectivity index (χ4v) is 2.54. The van der Waals surface area contributed by atoms with E-state index in [1.807, 2.05) is 12.1 Å². The Morgan fingerprint density at radius 2 is 2.00 bits per heavy atom. The molecule has 1 heterocycles. The van der Waals surface area contributed by atoms with E-state index in [9.17, 15) is 10.1 Å². The molecule has 1 N–H and O–H groups in total. The molecule has 0 bridgehead atoms. The number of nitrogens with zero attached hydrogens (tertiary/aromatic N) is 2. The Labute approximate surface area is 120 Å². The number of rotatable bonds is 6. The Morgan fingerprint density at radius 3 is 2.60 bits per heavy atom. The van der Waals surface area contributed by atoms with Crippen molar-refractivity contribution < 1.29 is 4.92 Å². The van der Waals surface area contributed by atoms with Crippen LogP contribution in [0.2, 0.25) is 0 Å². The molecule has 102 valence electrons. The predicted octanol–water partition coefficient (Wildman–Crippen LogP) is 2.86. The molecule has 1 aromatic heterocycles. The summed E-state index contributed by atoms with van der Waals surface area (Å²) in [5.74, 6) is 0. The standard InChI is InChI=1S/C14H13N3O2S/c15-9-13-5-6-14(20-13)10-16-8-7-11-1-3-12(4-2-11)17(18)19/h1-6,16H,7-8,10H2. The summed E-state index contributed by atoms with van der Waals surface area (Å²) in [5.41, 5.74) is 1.18. The second-order valence-electron chi connectivity index (χ2n) is 4.23. The molecule has 0 radical (unpaired) electrons. The maximum Gasteiger partial charge on any atom is 0.269 e. The Balaban J connectivity index is 1.75. The third kappa shape index (κ3) is 3.88. The molecule has 0 unspecified atom stereocenters. The van der Waals surface area contributed by atoms with Crippen molar-refractivity contribution in [2.45, 2.75) is 13.0 Å². The molecule has 2 aromatic rings. The number of non-ortho nitro benzene ring substituents is 1. The van der Waals surface area contributed by atoms with Crippen LogP contribution in [-0.2, 0) is 13.0 Å². The molecule has 0 spiro atoms. The van der Waals surface area contributed by atoms with E-state index in [1.165, 1.54) is 23.5 Å². The molecular weight excluding hydrogens is 274 g/mol. The molecule has 0 atom stereocenters. The summed E-state index contributed by atoms with van der Waals surface area (Å²) in [6.07, 6.45) is 0.814. The first-order chi connectivity index (χ1) is 9.69. The van der Waals surface area contributed by atoms with Crippen LogP contribution in [0.3, 0.4) is 0 Å². The summed E-state index contributed by atoms with van der Waals surface area (Å²) < 4.78 is 0. The summed E-state index contributed by atoms with van der Waals surface area (Å²) in [6.45, 7) is 1.52. The highest BCUT2D eigenvalue weighted by Gasteiger charge is 2.03. The van der Waals surface area contributed by atoms with Gasteiger partial charge in [0.05, 0.1) is 4.92 Å². The van der Waals surface area contributed by atoms with Crippen molar-refractivity contribution in [1.82, 2.24) is 5.32 Å². The van der Waals surface area contributed by atoms with Crippen LogP contribution >= 0.6 is 11.3 Å². The highest BCUT2D eigenvalue weighted by Crippen LogP contribution is 2.15. The lowest BCUT2D eigenvalue weighted by Crippen LogP contribution is -2.15. The Morgan fingerprint density at radius 1 is 1.25 bits per heavy atom. The molecular formula is C14H13N3O2S. The fourth-order valence-electron chi connectivity index (χ4n) is 1.76. The molecule has 6 heteroatoms. The molecule has 0 saturated heterocycles. The first kappa shape index (κ1) is 14.2. The van der Waals surface area contributed by atoms with Gasteiger partial charge in [0.1, 0.15) is 10.9 Å². The van der Waals surface area contributed by atoms with E-state index in [0.717, 1.165) is 34.8 Å². The maximum atomic E-state index is 10.5. The Hall–Kier alpha value is -2.23. The Bertz CT molecular complexity index is 629. The molecule has 0 aliphatic heterocycles. The molecule has 1 aromatic carbocycles. The second kappa shape index (κ2) is 6.80. The van der Waals surface area contributed by atoms with Gasteiger partial charge in [-0.1, -0.05) is 12.1 Å². The van der Waals surface area contributed by atoms with Crippen molar-refractivity contribution in [3.63, 3.8) is 0 Å². The van der Waals surface area contributed by atoms with Crippen molar-refractivity contribution in [2.24, 2.45) is 0 Å². The molecule has 2 rings (SSSR count). The minimum absolute atomic E-state index is 0.115. The summed E-state index contributed by atoms with van der Waals surface area (Å²) in [7, 11) is 0. The largest absolute Gasteiger partial charge is 0.312 e. The van der Waals surface area contributed by atoms with Gasteiger partial charge < -0.3 is 5.32 Å². The smallest absolute Gasteiger partial charge is 0.269 e. The number of benzene rings is 1. The Kier molecular flexibility index (Phi) is 4.82. The zero-order valence-corrected chi connectivity index (χ0v) is 11.5. The van der Waals surface area contributed by atoms with Crippen molar-refractivity contribution >= 4 is 17.0 Å². The summed E-state index contributed by atoms with van der Waals surface area (Å²) in [5, 5.41) is 22.5. The number of nitriles is 1. The SMILES string of the molecule is N#Cc1ccc(CNCCc2ccc([N+](=O)[O-])cc2)s1. The van der Waals surface area contributed by atoms with Crippen molar-refractivity contribution in [3.05, 3.63) is 61.8 Å². The van der Waals surface area contributed by atoms with Crippen LogP contribution in [0.4, 0.5) is 5.69 Å². The number of hydrogen-bond donors (Lipinski definition) is 1. The van der Waals surface area contributed by atoms with Crippen LogP contribution < -0.4 is 5.32 Å². The number of nitro groups is 1. The third-order valence-corrected chi connectivity index (χ3v) is 3.80. The summed E-state index contributed by atoms with van der Waals surface area (Å²) in [4.78, 5) is 12.0. The topological polar surface area (TPSA) is 79.0 Å². The van der Waals surface area contributed by atoms with E-state index in [1.54, 1.807) is 12.1 Å². The molecule has 0 aliphatic carbocycles. The van der Waals surface area contributed by atoms with Crippen molar-refractivity contribution in [3.8, 4) is 6.07 Å². The molecule has 5 nitrogen and oxygen atoms in total. The normalized spacial score (nSPS) is 10.2. The first-order valence-electron chi connectivity index (χ1n) is 6.12. The van der Waals surface area contributed by atoms with E-state index in [-0.39, 0.29) is 5.69 Å². The van der Waals surface area contributed by atoms with Gasteiger partial charge in [-0.15, -0.1) is 11.3 Å². The van der Waals surface area contributed by atoms with Crippen LogP contribution in [0.25, 0.3) is 0 Å². The van der Waals surface area contributed by atoms with Gasteiger partial charge in [0.25, 0.3) is 5.69 Å². The zero-order chi connectivity index (χ0) is 14.4. The van der Waals surface area contributed by atoms with Gasteiger partial charge in [-0.25, -0.2) is 0 Å². The predicted molar refractivity (Wildman–Crippen MR) is 77.5 cm³/mol. The van der Waals surface area contributed by atoms with Crippen LogP contribution in [0, 0.1) is 21.4 Å². The van der Waals surface area contributed by atoms with Gasteiger partial charge in [-0.05, 0) is 30.7 Å². The lowest BCUT2D eigenvalue weighted by atomic mass is 10.1. The van der Waals surface area contributed by atoms with Crippen LogP contribution in [0.15, 0.2) is 36.4 Å². The van der Waals surface area contributed by atoms with Crippen molar-refractivity contribution in [2.75, 3.05) is 6.54 Å². The van der Waals surface area contributed by atoms with E-state index in [2.05, 4.69) is 11.4 Å². The number of nitro benzene ring substituents is 1. The van der Waals surface area contributed by atoms with Gasteiger partial charge in [-0.3, -0.25) is 10.1 Å². The average Bonchev–Trinajstić information content (AvgIpc) is 2.92. The monoisotopic (exact) mass is 287 g/mol. The van der Waals surface area contributed by atoms with Gasteiger partial charge in [0, 0.05) is 23.6 Å². The van der Waals surface area contributed by atoms with Crippen molar-refractivity contribution in [1.29, 1.82) is 5.26 Å². The lowest BCUT2D eigenvalue weighted by Gasteiger charge is -2.03. The number of thiophene rings is 1. The highest BCUT2D eigenvalue weighted by molar-refractivity contribution is 7.12. The van der Waals surface area contributed by atoms with Gasteiger partial charge in [-0.2, -0.15) is 5.26 Å². The minimum Gasteiger partial charge on any atom is -0.312 e. The van der Waals surface area contributed by atoms with E-state index in [4.69, 9.17) is 5.26 Å². The van der Waals surface area contributed by atoms with E-state index < -0.39 is 4.92 Å². The van der Waals surface area contributed by atoms with E-state index >= 15 is 0 Å². The summed E-state index contributed by atoms with van der Waals surface area (Å²) in [6, 6.07) is 12.5. The zero-order valence-electron chi connectivity index (χ0n) is 10.7. The van der Waals surface area contributed by atoms with Gasteiger partial charge in [0.2, 0.25) is 0 Å². The van der Waals surface area contributed by atoms with Crippen LogP contribution in [0.1, 0.15) is 15.3 Å². The molecule has 0 saturated carbocycles. The minimum atomic E-state index is -0.397. The lowest BCUT2D eigenvalue weighted by molar-refractivity contribution is -0.384. The highest BCUT2D eigenvalue weighted by atomic mass is 32.1. The molecule has 20 heavy (non-hydrogen) atoms. The van der Waals surface area contributed by atoms with Crippen LogP contribution in [-0.4, -0.2) is 11.5 Å². The maximum absolute atomic E-state index is 10.5. The second-order valence-corrected chi connectivity index (χ2v) is 5.40. The molecule has 0 fully saturated rings. The molecule has 0 aliphatic rings. The van der Waals surface area contributed by atoms with E-state index in [0.29, 0.717) is 0 Å². The van der Waals surface area contributed by atoms with Gasteiger partial charge >= 0.3 is 0 Å². The third-order valence-electron chi connectivity index (χ3n) is 2.81. The number of hydrogen-bond acceptors (Lipinski definition) is 5. The van der Waals surface area contributed by atoms with Gasteiger partial charge in [0.15, 0.2) is 0 Å². The average molecular weight is 287 g/mol. The quantitative estimate of drug-likeness (QED) is 0.503. The molecule has 0 amide bonds. The number of nitrogens with one attached hydrogen (secondary N) is 1. The first-order valence-corrected chi connectivity index (χ1v) is 6.93. The fraction of sp³-hybridized carbons (Fsp3) is 0.214. The van der Waals surface area contributed by atoms with Crippen LogP contribution in [0.5, 0.6) is 0 Å².